The SMILES string of the molecule is CSc1cc(Br)cc(C(C)(O)CCl)c1F. The van der Waals surface area contributed by atoms with Gasteiger partial charge in [0.15, 0.2) is 0 Å². The Labute approximate surface area is 106 Å². The summed E-state index contributed by atoms with van der Waals surface area (Å²) in [5.41, 5.74) is -1.13. The highest BCUT2D eigenvalue weighted by molar-refractivity contribution is 9.10. The molecule has 1 N–H and O–H groups in total. The maximum Gasteiger partial charge on any atom is 0.142 e. The summed E-state index contributed by atoms with van der Waals surface area (Å²) in [5.74, 6) is -0.454. The van der Waals surface area contributed by atoms with Crippen molar-refractivity contribution in [3.8, 4) is 0 Å². The quantitative estimate of drug-likeness (QED) is 0.677. The Balaban J connectivity index is 3.35. The Hall–Kier alpha value is 0.230. The molecule has 0 aliphatic carbocycles. The molecule has 0 saturated heterocycles. The minimum atomic E-state index is -1.35. The molecule has 1 rings (SSSR count). The van der Waals surface area contributed by atoms with E-state index in [2.05, 4.69) is 15.9 Å². The molecule has 1 unspecified atom stereocenters. The van der Waals surface area contributed by atoms with Gasteiger partial charge in [-0.3, -0.25) is 0 Å². The Kier molecular flexibility index (Phi) is 4.47. The molecule has 84 valence electrons. The molecular weight excluding hydrogens is 303 g/mol. The van der Waals surface area contributed by atoms with Crippen LogP contribution in [0.3, 0.4) is 0 Å². The molecule has 1 aromatic carbocycles. The highest BCUT2D eigenvalue weighted by atomic mass is 79.9. The highest BCUT2D eigenvalue weighted by Crippen LogP contribution is 2.33. The van der Waals surface area contributed by atoms with Crippen LogP contribution >= 0.6 is 39.3 Å². The molecule has 0 amide bonds. The zero-order chi connectivity index (χ0) is 11.6. The number of hydrogen-bond donors (Lipinski definition) is 1. The van der Waals surface area contributed by atoms with Crippen molar-refractivity contribution >= 4 is 39.3 Å². The van der Waals surface area contributed by atoms with Gasteiger partial charge >= 0.3 is 0 Å². The van der Waals surface area contributed by atoms with Crippen LogP contribution < -0.4 is 0 Å². The fraction of sp³-hybridized carbons (Fsp3) is 0.400. The smallest absolute Gasteiger partial charge is 0.142 e. The summed E-state index contributed by atoms with van der Waals surface area (Å²) in [6, 6.07) is 3.23. The molecule has 1 atom stereocenters. The van der Waals surface area contributed by atoms with Gasteiger partial charge in [0.05, 0.1) is 5.88 Å². The van der Waals surface area contributed by atoms with E-state index < -0.39 is 11.4 Å². The van der Waals surface area contributed by atoms with Gasteiger partial charge in [-0.15, -0.1) is 23.4 Å². The lowest BCUT2D eigenvalue weighted by Crippen LogP contribution is -2.25. The predicted molar refractivity (Wildman–Crippen MR) is 66.2 cm³/mol. The standard InChI is InChI=1S/C10H11BrClFOS/c1-10(14,5-12)7-3-6(11)4-8(15-2)9(7)13/h3-4,14H,5H2,1-2H3. The lowest BCUT2D eigenvalue weighted by atomic mass is 9.98. The van der Waals surface area contributed by atoms with Crippen molar-refractivity contribution in [1.82, 2.24) is 0 Å². The van der Waals surface area contributed by atoms with Crippen molar-refractivity contribution < 1.29 is 9.50 Å². The Bertz CT molecular complexity index is 371. The third-order valence-electron chi connectivity index (χ3n) is 2.06. The minimum Gasteiger partial charge on any atom is -0.384 e. The summed E-state index contributed by atoms with van der Waals surface area (Å²) in [6.07, 6.45) is 1.78. The van der Waals surface area contributed by atoms with Gasteiger partial charge in [-0.05, 0) is 25.3 Å². The Morgan fingerprint density at radius 2 is 2.20 bits per heavy atom. The summed E-state index contributed by atoms with van der Waals surface area (Å²) in [4.78, 5) is 0.491. The van der Waals surface area contributed by atoms with E-state index in [1.54, 1.807) is 18.4 Å². The van der Waals surface area contributed by atoms with E-state index in [0.717, 1.165) is 4.47 Å². The number of halogens is 3. The van der Waals surface area contributed by atoms with Crippen LogP contribution in [0.2, 0.25) is 0 Å². The zero-order valence-corrected chi connectivity index (χ0v) is 11.5. The normalized spacial score (nSPS) is 15.1. The zero-order valence-electron chi connectivity index (χ0n) is 8.35. The molecule has 0 saturated carbocycles. The lowest BCUT2D eigenvalue weighted by Gasteiger charge is -2.22. The van der Waals surface area contributed by atoms with Crippen molar-refractivity contribution in [2.75, 3.05) is 12.1 Å². The van der Waals surface area contributed by atoms with Crippen molar-refractivity contribution in [3.63, 3.8) is 0 Å². The molecule has 0 heterocycles. The van der Waals surface area contributed by atoms with Crippen molar-refractivity contribution in [2.24, 2.45) is 0 Å². The second kappa shape index (κ2) is 5.04. The number of rotatable bonds is 3. The number of alkyl halides is 1. The second-order valence-electron chi connectivity index (χ2n) is 3.38. The van der Waals surface area contributed by atoms with Crippen LogP contribution in [0, 0.1) is 5.82 Å². The predicted octanol–water partition coefficient (Wildman–Crippen LogP) is 3.76. The van der Waals surface area contributed by atoms with E-state index in [9.17, 15) is 9.50 Å². The number of hydrogen-bond acceptors (Lipinski definition) is 2. The third-order valence-corrected chi connectivity index (χ3v) is 3.78. The van der Waals surface area contributed by atoms with E-state index in [1.807, 2.05) is 0 Å². The maximum atomic E-state index is 13.9. The molecule has 0 aliphatic rings. The first-order valence-electron chi connectivity index (χ1n) is 4.24. The average Bonchev–Trinajstić information content (AvgIpc) is 2.20. The van der Waals surface area contributed by atoms with E-state index in [1.165, 1.54) is 18.7 Å². The number of benzene rings is 1. The molecular formula is C10H11BrClFOS. The van der Waals surface area contributed by atoms with Gasteiger partial charge in [0.1, 0.15) is 11.4 Å². The van der Waals surface area contributed by atoms with E-state index >= 15 is 0 Å². The molecule has 0 fully saturated rings. The maximum absolute atomic E-state index is 13.9. The van der Waals surface area contributed by atoms with Crippen LogP contribution in [0.1, 0.15) is 12.5 Å². The van der Waals surface area contributed by atoms with Gasteiger partial charge in [0.2, 0.25) is 0 Å². The third kappa shape index (κ3) is 2.87. The molecule has 1 nitrogen and oxygen atoms in total. The fourth-order valence-electron chi connectivity index (χ4n) is 1.18. The van der Waals surface area contributed by atoms with Crippen LogP contribution in [0.15, 0.2) is 21.5 Å². The van der Waals surface area contributed by atoms with E-state index in [4.69, 9.17) is 11.6 Å². The van der Waals surface area contributed by atoms with Gasteiger partial charge in [-0.1, -0.05) is 15.9 Å². The average molecular weight is 314 g/mol. The molecule has 15 heavy (non-hydrogen) atoms. The van der Waals surface area contributed by atoms with Crippen LogP contribution in [-0.4, -0.2) is 17.2 Å². The van der Waals surface area contributed by atoms with Gasteiger partial charge in [0, 0.05) is 14.9 Å². The van der Waals surface area contributed by atoms with Crippen LogP contribution in [0.4, 0.5) is 4.39 Å². The summed E-state index contributed by atoms with van der Waals surface area (Å²) >= 11 is 10.2. The number of thioether (sulfide) groups is 1. The minimum absolute atomic E-state index is 0.0474. The van der Waals surface area contributed by atoms with Gasteiger partial charge < -0.3 is 5.11 Å². The van der Waals surface area contributed by atoms with Crippen molar-refractivity contribution in [1.29, 1.82) is 0 Å². The summed E-state index contributed by atoms with van der Waals surface area (Å²) < 4.78 is 14.6. The molecule has 5 heteroatoms. The van der Waals surface area contributed by atoms with Crippen LogP contribution in [-0.2, 0) is 5.60 Å². The highest BCUT2D eigenvalue weighted by Gasteiger charge is 2.27. The lowest BCUT2D eigenvalue weighted by molar-refractivity contribution is 0.0777. The summed E-state index contributed by atoms with van der Waals surface area (Å²) in [6.45, 7) is 1.50. The Morgan fingerprint density at radius 1 is 1.60 bits per heavy atom. The van der Waals surface area contributed by atoms with Gasteiger partial charge in [-0.2, -0.15) is 0 Å². The van der Waals surface area contributed by atoms with Gasteiger partial charge in [0.25, 0.3) is 0 Å². The summed E-state index contributed by atoms with van der Waals surface area (Å²) in [7, 11) is 0. The topological polar surface area (TPSA) is 20.2 Å². The monoisotopic (exact) mass is 312 g/mol. The first kappa shape index (κ1) is 13.3. The van der Waals surface area contributed by atoms with Crippen LogP contribution in [0.25, 0.3) is 0 Å². The Morgan fingerprint density at radius 3 is 2.67 bits per heavy atom. The fourth-order valence-corrected chi connectivity index (χ4v) is 2.46. The molecule has 1 aromatic rings. The molecule has 0 aromatic heterocycles. The van der Waals surface area contributed by atoms with Crippen molar-refractivity contribution in [2.45, 2.75) is 17.4 Å². The van der Waals surface area contributed by atoms with Gasteiger partial charge in [-0.25, -0.2) is 4.39 Å². The second-order valence-corrected chi connectivity index (χ2v) is 5.41. The van der Waals surface area contributed by atoms with E-state index in [-0.39, 0.29) is 11.4 Å². The van der Waals surface area contributed by atoms with Crippen LogP contribution in [0.5, 0.6) is 0 Å². The first-order valence-corrected chi connectivity index (χ1v) is 6.79. The first-order chi connectivity index (χ1) is 6.92. The molecule has 0 radical (unpaired) electrons. The van der Waals surface area contributed by atoms with E-state index in [0.29, 0.717) is 4.90 Å². The molecule has 0 spiro atoms. The largest absolute Gasteiger partial charge is 0.384 e. The number of aliphatic hydroxyl groups is 1. The van der Waals surface area contributed by atoms with Crippen molar-refractivity contribution in [3.05, 3.63) is 28.0 Å². The molecule has 0 aliphatic heterocycles. The molecule has 0 bridgehead atoms. The summed E-state index contributed by atoms with van der Waals surface area (Å²) in [5, 5.41) is 9.92.